The van der Waals surface area contributed by atoms with E-state index in [4.69, 9.17) is 5.11 Å². The van der Waals surface area contributed by atoms with Crippen molar-refractivity contribution < 1.29 is 14.8 Å². The van der Waals surface area contributed by atoms with Gasteiger partial charge in [0.2, 0.25) is 0 Å². The van der Waals surface area contributed by atoms with E-state index in [9.17, 15) is 14.9 Å². The molecule has 136 valence electrons. The summed E-state index contributed by atoms with van der Waals surface area (Å²) >= 11 is 0. The molecular formula is C16H18N6O4. The molecule has 1 amide bonds. The topological polar surface area (TPSA) is 125 Å². The number of amides is 1. The lowest BCUT2D eigenvalue weighted by Crippen LogP contribution is -2.53. The van der Waals surface area contributed by atoms with Crippen molar-refractivity contribution in [2.24, 2.45) is 0 Å². The number of piperazine rings is 1. The minimum absolute atomic E-state index is 0.0480. The predicted octanol–water partition coefficient (Wildman–Crippen LogP) is 2.32. The molecule has 2 N–H and O–H groups in total. The number of nitro benzene ring substituents is 1. The van der Waals surface area contributed by atoms with Crippen LogP contribution < -0.4 is 10.2 Å². The summed E-state index contributed by atoms with van der Waals surface area (Å²) in [7, 11) is 0. The number of hydrogen-bond acceptors (Lipinski definition) is 7. The standard InChI is InChI=1S/C16H18N6O4/c1-11-9-20(16(23)24)6-7-21(11)12-2-3-14(22(25)26)13(8-12)19-15-4-5-17-10-18-15/h2-5,8,10-11H,6-7,9H2,1H3,(H,23,24)(H,17,18,19)/t11-/m1/s1. The van der Waals surface area contributed by atoms with Gasteiger partial charge in [-0.1, -0.05) is 0 Å². The highest BCUT2D eigenvalue weighted by Crippen LogP contribution is 2.32. The van der Waals surface area contributed by atoms with Crippen LogP contribution >= 0.6 is 0 Å². The van der Waals surface area contributed by atoms with Gasteiger partial charge in [-0.15, -0.1) is 0 Å². The number of aromatic nitrogens is 2. The lowest BCUT2D eigenvalue weighted by molar-refractivity contribution is -0.383. The molecule has 1 aromatic carbocycles. The minimum atomic E-state index is -0.939. The van der Waals surface area contributed by atoms with Crippen molar-refractivity contribution in [2.45, 2.75) is 13.0 Å². The Morgan fingerprint density at radius 3 is 2.81 bits per heavy atom. The second kappa shape index (κ2) is 7.21. The molecule has 1 fully saturated rings. The summed E-state index contributed by atoms with van der Waals surface area (Å²) < 4.78 is 0. The molecule has 1 saturated heterocycles. The van der Waals surface area contributed by atoms with Crippen molar-refractivity contribution in [3.63, 3.8) is 0 Å². The van der Waals surface area contributed by atoms with Gasteiger partial charge in [-0.2, -0.15) is 0 Å². The zero-order valence-corrected chi connectivity index (χ0v) is 14.1. The van der Waals surface area contributed by atoms with Crippen LogP contribution in [0.5, 0.6) is 0 Å². The van der Waals surface area contributed by atoms with Crippen LogP contribution in [0, 0.1) is 10.1 Å². The molecule has 10 heteroatoms. The van der Waals surface area contributed by atoms with Gasteiger partial charge in [-0.25, -0.2) is 14.8 Å². The summed E-state index contributed by atoms with van der Waals surface area (Å²) in [4.78, 5) is 33.3. The number of hydrogen-bond donors (Lipinski definition) is 2. The average Bonchev–Trinajstić information content (AvgIpc) is 2.62. The average molecular weight is 358 g/mol. The normalized spacial score (nSPS) is 17.0. The van der Waals surface area contributed by atoms with Gasteiger partial charge >= 0.3 is 6.09 Å². The van der Waals surface area contributed by atoms with Crippen LogP contribution in [-0.4, -0.2) is 56.7 Å². The van der Waals surface area contributed by atoms with Crippen molar-refractivity contribution in [3.05, 3.63) is 46.9 Å². The lowest BCUT2D eigenvalue weighted by atomic mass is 10.1. The van der Waals surface area contributed by atoms with Crippen LogP contribution in [0.3, 0.4) is 0 Å². The fraction of sp³-hybridized carbons (Fsp3) is 0.312. The molecule has 1 aromatic heterocycles. The van der Waals surface area contributed by atoms with Crippen molar-refractivity contribution in [1.29, 1.82) is 0 Å². The van der Waals surface area contributed by atoms with E-state index in [1.54, 1.807) is 18.2 Å². The molecule has 0 saturated carbocycles. The molecule has 2 heterocycles. The smallest absolute Gasteiger partial charge is 0.407 e. The van der Waals surface area contributed by atoms with Gasteiger partial charge in [-0.3, -0.25) is 10.1 Å². The largest absolute Gasteiger partial charge is 0.465 e. The molecule has 1 aliphatic heterocycles. The number of carbonyl (C=O) groups is 1. The highest BCUT2D eigenvalue weighted by Gasteiger charge is 2.27. The zero-order chi connectivity index (χ0) is 18.7. The molecule has 1 aliphatic rings. The third kappa shape index (κ3) is 3.63. The first-order valence-corrected chi connectivity index (χ1v) is 8.01. The number of nitro groups is 1. The first-order valence-electron chi connectivity index (χ1n) is 8.01. The van der Waals surface area contributed by atoms with Crippen molar-refractivity contribution in [3.8, 4) is 0 Å². The molecule has 0 aliphatic carbocycles. The minimum Gasteiger partial charge on any atom is -0.465 e. The molecule has 10 nitrogen and oxygen atoms in total. The van der Waals surface area contributed by atoms with Gasteiger partial charge < -0.3 is 20.2 Å². The Morgan fingerprint density at radius 2 is 2.19 bits per heavy atom. The Balaban J connectivity index is 1.88. The summed E-state index contributed by atoms with van der Waals surface area (Å²) in [6, 6.07) is 6.37. The first kappa shape index (κ1) is 17.4. The third-order valence-corrected chi connectivity index (χ3v) is 4.25. The van der Waals surface area contributed by atoms with Gasteiger partial charge in [0.25, 0.3) is 5.69 Å². The fourth-order valence-electron chi connectivity index (χ4n) is 2.98. The summed E-state index contributed by atoms with van der Waals surface area (Å²) in [5.41, 5.74) is 1.04. The summed E-state index contributed by atoms with van der Waals surface area (Å²) in [5.74, 6) is 0.448. The maximum Gasteiger partial charge on any atom is 0.407 e. The number of nitrogens with one attached hydrogen (secondary N) is 1. The Morgan fingerprint density at radius 1 is 1.38 bits per heavy atom. The Kier molecular flexibility index (Phi) is 4.83. The predicted molar refractivity (Wildman–Crippen MR) is 94.8 cm³/mol. The van der Waals surface area contributed by atoms with E-state index in [-0.39, 0.29) is 11.7 Å². The van der Waals surface area contributed by atoms with E-state index >= 15 is 0 Å². The molecule has 0 radical (unpaired) electrons. The van der Waals surface area contributed by atoms with E-state index in [0.29, 0.717) is 31.1 Å². The van der Waals surface area contributed by atoms with Gasteiger partial charge in [0.15, 0.2) is 0 Å². The summed E-state index contributed by atoms with van der Waals surface area (Å²) in [6.07, 6.45) is 1.95. The van der Waals surface area contributed by atoms with E-state index in [2.05, 4.69) is 15.3 Å². The maximum atomic E-state index is 11.3. The number of carboxylic acid groups (broad SMARTS) is 1. The highest BCUT2D eigenvalue weighted by atomic mass is 16.6. The second-order valence-electron chi connectivity index (χ2n) is 5.95. The highest BCUT2D eigenvalue weighted by molar-refractivity contribution is 5.73. The van der Waals surface area contributed by atoms with E-state index in [1.165, 1.54) is 23.5 Å². The summed E-state index contributed by atoms with van der Waals surface area (Å²) in [5, 5.41) is 23.4. The molecule has 0 bridgehead atoms. The number of anilines is 3. The number of rotatable bonds is 4. The Hall–Kier alpha value is -3.43. The van der Waals surface area contributed by atoms with Crippen LogP contribution in [-0.2, 0) is 0 Å². The van der Waals surface area contributed by atoms with Crippen molar-refractivity contribution in [2.75, 3.05) is 29.9 Å². The van der Waals surface area contributed by atoms with Crippen molar-refractivity contribution >= 4 is 29.0 Å². The van der Waals surface area contributed by atoms with E-state index in [0.717, 1.165) is 5.69 Å². The van der Waals surface area contributed by atoms with Crippen LogP contribution in [0.4, 0.5) is 27.7 Å². The SMILES string of the molecule is C[C@@H]1CN(C(=O)O)CCN1c1ccc([N+](=O)[O-])c(Nc2ccncn2)c1. The molecule has 0 unspecified atom stereocenters. The summed E-state index contributed by atoms with van der Waals surface area (Å²) in [6.45, 7) is 3.19. The Labute approximate surface area is 149 Å². The lowest BCUT2D eigenvalue weighted by Gasteiger charge is -2.40. The molecule has 1 atom stereocenters. The molecule has 0 spiro atoms. The first-order chi connectivity index (χ1) is 12.5. The van der Waals surface area contributed by atoms with Crippen molar-refractivity contribution in [1.82, 2.24) is 14.9 Å². The maximum absolute atomic E-state index is 11.3. The van der Waals surface area contributed by atoms with Gasteiger partial charge in [0.05, 0.1) is 4.92 Å². The third-order valence-electron chi connectivity index (χ3n) is 4.25. The Bertz CT molecular complexity index is 816. The molecule has 2 aromatic rings. The molecular weight excluding hydrogens is 340 g/mol. The van der Waals surface area contributed by atoms with Gasteiger partial charge in [0, 0.05) is 43.6 Å². The quantitative estimate of drug-likeness (QED) is 0.630. The number of nitrogens with zero attached hydrogens (tertiary/aromatic N) is 5. The van der Waals surface area contributed by atoms with Crippen LogP contribution in [0.15, 0.2) is 36.8 Å². The van der Waals surface area contributed by atoms with E-state index < -0.39 is 11.0 Å². The van der Waals surface area contributed by atoms with Crippen LogP contribution in [0.25, 0.3) is 0 Å². The zero-order valence-electron chi connectivity index (χ0n) is 14.1. The van der Waals surface area contributed by atoms with Crippen LogP contribution in [0.1, 0.15) is 6.92 Å². The van der Waals surface area contributed by atoms with Gasteiger partial charge in [0.1, 0.15) is 17.8 Å². The van der Waals surface area contributed by atoms with E-state index in [1.807, 2.05) is 11.8 Å². The monoisotopic (exact) mass is 358 g/mol. The number of benzene rings is 1. The molecule has 3 rings (SSSR count). The van der Waals surface area contributed by atoms with Crippen LogP contribution in [0.2, 0.25) is 0 Å². The van der Waals surface area contributed by atoms with Gasteiger partial charge in [-0.05, 0) is 25.1 Å². The second-order valence-corrected chi connectivity index (χ2v) is 5.95. The molecule has 26 heavy (non-hydrogen) atoms. The fourth-order valence-corrected chi connectivity index (χ4v) is 2.98.